The predicted octanol–water partition coefficient (Wildman–Crippen LogP) is 15.5. The lowest BCUT2D eigenvalue weighted by molar-refractivity contribution is 0.443. The van der Waals surface area contributed by atoms with Gasteiger partial charge >= 0.3 is 0 Å². The number of nitrogens with zero attached hydrogens (tertiary/aromatic N) is 1. The minimum Gasteiger partial charge on any atom is -0.310 e. The zero-order chi connectivity index (χ0) is 39.3. The van der Waals surface area contributed by atoms with Crippen molar-refractivity contribution in [3.8, 4) is 44.5 Å². The molecule has 12 rings (SSSR count). The maximum atomic E-state index is 2.55. The minimum atomic E-state index is -0.420. The summed E-state index contributed by atoms with van der Waals surface area (Å²) in [6.07, 6.45) is 6.68. The number of anilines is 3. The van der Waals surface area contributed by atoms with Crippen molar-refractivity contribution in [2.24, 2.45) is 0 Å². The van der Waals surface area contributed by atoms with Crippen LogP contribution in [0.3, 0.4) is 0 Å². The Balaban J connectivity index is 1.09. The summed E-state index contributed by atoms with van der Waals surface area (Å²) in [7, 11) is 0. The summed E-state index contributed by atoms with van der Waals surface area (Å²) >= 11 is 0. The van der Waals surface area contributed by atoms with Crippen molar-refractivity contribution in [2.75, 3.05) is 4.90 Å². The molecule has 0 aliphatic heterocycles. The Bertz CT molecular complexity index is 2890. The van der Waals surface area contributed by atoms with E-state index in [0.29, 0.717) is 5.92 Å². The standard InChI is InChI=1S/C58H47N/c1-57(2)50-23-11-6-19-44(50)48-34-32-41(36-54(48)57)59(56-27-15-10-18-43(56)40-30-28-39(29-31-40)38-16-4-3-5-17-38)42-33-35-49-47-22-9-14-26-53(47)58(55(49)37-42)51-24-12-7-20-45(51)46-21-8-13-25-52(46)58/h6-15,18-38H,3-5,16-17H2,1-2H3. The van der Waals surface area contributed by atoms with Crippen molar-refractivity contribution in [3.05, 3.63) is 221 Å². The van der Waals surface area contributed by atoms with E-state index in [4.69, 9.17) is 0 Å². The first-order valence-electron chi connectivity index (χ1n) is 21.7. The smallest absolute Gasteiger partial charge is 0.0726 e. The van der Waals surface area contributed by atoms with E-state index in [1.165, 1.54) is 127 Å². The normalized spacial score (nSPS) is 16.2. The molecule has 0 heterocycles. The zero-order valence-electron chi connectivity index (χ0n) is 33.9. The van der Waals surface area contributed by atoms with E-state index in [9.17, 15) is 0 Å². The summed E-state index contributed by atoms with van der Waals surface area (Å²) in [5.41, 5.74) is 23.2. The van der Waals surface area contributed by atoms with Crippen molar-refractivity contribution in [1.29, 1.82) is 0 Å². The Hall–Kier alpha value is -6.44. The molecule has 284 valence electrons. The van der Waals surface area contributed by atoms with Crippen molar-refractivity contribution in [2.45, 2.75) is 62.7 Å². The van der Waals surface area contributed by atoms with E-state index in [-0.39, 0.29) is 5.41 Å². The molecule has 1 fully saturated rings. The second kappa shape index (κ2) is 13.0. The molecule has 0 atom stereocenters. The second-order valence-corrected chi connectivity index (χ2v) is 17.8. The van der Waals surface area contributed by atoms with Gasteiger partial charge in [-0.1, -0.05) is 185 Å². The van der Waals surface area contributed by atoms with Crippen LogP contribution in [0, 0.1) is 0 Å². The van der Waals surface area contributed by atoms with Gasteiger partial charge in [0, 0.05) is 22.4 Å². The Labute approximate surface area is 348 Å². The highest BCUT2D eigenvalue weighted by Crippen LogP contribution is 2.63. The summed E-state index contributed by atoms with van der Waals surface area (Å²) < 4.78 is 0. The zero-order valence-corrected chi connectivity index (χ0v) is 33.9. The fourth-order valence-corrected chi connectivity index (χ4v) is 11.8. The molecule has 1 nitrogen and oxygen atoms in total. The quantitative estimate of drug-likeness (QED) is 0.169. The maximum Gasteiger partial charge on any atom is 0.0726 e. The molecule has 4 aliphatic carbocycles. The highest BCUT2D eigenvalue weighted by Gasteiger charge is 2.51. The average molecular weight is 758 g/mol. The lowest BCUT2D eigenvalue weighted by Crippen LogP contribution is -2.26. The molecule has 1 heteroatoms. The Morgan fingerprint density at radius 1 is 0.390 bits per heavy atom. The number of rotatable bonds is 5. The molecule has 0 saturated heterocycles. The van der Waals surface area contributed by atoms with Crippen LogP contribution in [0.5, 0.6) is 0 Å². The molecular formula is C58H47N. The van der Waals surface area contributed by atoms with Crippen molar-refractivity contribution < 1.29 is 0 Å². The number of hydrogen-bond acceptors (Lipinski definition) is 1. The highest BCUT2D eigenvalue weighted by molar-refractivity contribution is 5.97. The Morgan fingerprint density at radius 2 is 0.831 bits per heavy atom. The first-order chi connectivity index (χ1) is 29.0. The molecule has 0 bridgehead atoms. The van der Waals surface area contributed by atoms with Crippen LogP contribution in [0.1, 0.15) is 90.8 Å². The predicted molar refractivity (Wildman–Crippen MR) is 246 cm³/mol. The van der Waals surface area contributed by atoms with Crippen LogP contribution in [-0.4, -0.2) is 0 Å². The van der Waals surface area contributed by atoms with E-state index in [1.807, 2.05) is 0 Å². The van der Waals surface area contributed by atoms with E-state index in [2.05, 4.69) is 201 Å². The van der Waals surface area contributed by atoms with Gasteiger partial charge in [0.05, 0.1) is 11.1 Å². The van der Waals surface area contributed by atoms with Gasteiger partial charge in [-0.3, -0.25) is 0 Å². The first-order valence-corrected chi connectivity index (χ1v) is 21.7. The molecule has 8 aromatic carbocycles. The summed E-state index contributed by atoms with van der Waals surface area (Å²) in [4.78, 5) is 2.55. The average Bonchev–Trinajstić information content (AvgIpc) is 3.85. The summed E-state index contributed by atoms with van der Waals surface area (Å²) in [6.45, 7) is 4.78. The molecule has 59 heavy (non-hydrogen) atoms. The van der Waals surface area contributed by atoms with Gasteiger partial charge in [-0.2, -0.15) is 0 Å². The lowest BCUT2D eigenvalue weighted by atomic mass is 9.70. The van der Waals surface area contributed by atoms with Crippen molar-refractivity contribution in [3.63, 3.8) is 0 Å². The number of hydrogen-bond donors (Lipinski definition) is 0. The lowest BCUT2D eigenvalue weighted by Gasteiger charge is -2.33. The molecule has 4 aliphatic rings. The largest absolute Gasteiger partial charge is 0.310 e. The third-order valence-corrected chi connectivity index (χ3v) is 14.5. The van der Waals surface area contributed by atoms with Gasteiger partial charge in [-0.05, 0) is 127 Å². The summed E-state index contributed by atoms with van der Waals surface area (Å²) in [5, 5.41) is 0. The van der Waals surface area contributed by atoms with Gasteiger partial charge in [0.25, 0.3) is 0 Å². The van der Waals surface area contributed by atoms with Gasteiger partial charge in [-0.15, -0.1) is 0 Å². The van der Waals surface area contributed by atoms with Gasteiger partial charge < -0.3 is 4.90 Å². The van der Waals surface area contributed by atoms with E-state index in [0.717, 1.165) is 5.69 Å². The minimum absolute atomic E-state index is 0.122. The van der Waals surface area contributed by atoms with Crippen LogP contribution < -0.4 is 4.90 Å². The van der Waals surface area contributed by atoms with E-state index >= 15 is 0 Å². The van der Waals surface area contributed by atoms with Gasteiger partial charge in [0.2, 0.25) is 0 Å². The van der Waals surface area contributed by atoms with Crippen LogP contribution in [-0.2, 0) is 10.8 Å². The SMILES string of the molecule is CC1(C)c2ccccc2-c2ccc(N(c3ccc4c(c3)C3(c5ccccc5-c5ccccc53)c3ccccc3-4)c3ccccc3-c3ccc(C4CCCCC4)cc3)cc21. The third kappa shape index (κ3) is 4.91. The summed E-state index contributed by atoms with van der Waals surface area (Å²) in [6, 6.07) is 69.5. The molecule has 0 amide bonds. The van der Waals surface area contributed by atoms with Crippen molar-refractivity contribution in [1.82, 2.24) is 0 Å². The van der Waals surface area contributed by atoms with Gasteiger partial charge in [0.15, 0.2) is 0 Å². The molecule has 8 aromatic rings. The van der Waals surface area contributed by atoms with Gasteiger partial charge in [-0.25, -0.2) is 0 Å². The number of fused-ring (bicyclic) bond motifs is 13. The molecule has 0 aromatic heterocycles. The third-order valence-electron chi connectivity index (χ3n) is 14.5. The van der Waals surface area contributed by atoms with Crippen LogP contribution in [0.2, 0.25) is 0 Å². The molecule has 1 saturated carbocycles. The molecule has 0 unspecified atom stereocenters. The fraction of sp³-hybridized carbons (Fsp3) is 0.172. The molecular weight excluding hydrogens is 711 g/mol. The Morgan fingerprint density at radius 3 is 1.41 bits per heavy atom. The first kappa shape index (κ1) is 34.6. The van der Waals surface area contributed by atoms with Crippen LogP contribution in [0.25, 0.3) is 44.5 Å². The number of para-hydroxylation sites is 1. The molecule has 1 spiro atoms. The summed E-state index contributed by atoms with van der Waals surface area (Å²) in [5.74, 6) is 0.678. The van der Waals surface area contributed by atoms with Crippen molar-refractivity contribution >= 4 is 17.1 Å². The van der Waals surface area contributed by atoms with Crippen LogP contribution >= 0.6 is 0 Å². The van der Waals surface area contributed by atoms with Crippen LogP contribution in [0.15, 0.2) is 182 Å². The molecule has 0 radical (unpaired) electrons. The fourth-order valence-electron chi connectivity index (χ4n) is 11.8. The topological polar surface area (TPSA) is 3.24 Å². The van der Waals surface area contributed by atoms with E-state index < -0.39 is 5.41 Å². The Kier molecular flexibility index (Phi) is 7.64. The van der Waals surface area contributed by atoms with Gasteiger partial charge in [0.1, 0.15) is 0 Å². The number of benzene rings is 8. The van der Waals surface area contributed by atoms with Crippen LogP contribution in [0.4, 0.5) is 17.1 Å². The highest BCUT2D eigenvalue weighted by atomic mass is 15.1. The monoisotopic (exact) mass is 757 g/mol. The molecule has 0 N–H and O–H groups in total. The maximum absolute atomic E-state index is 2.55. The van der Waals surface area contributed by atoms with E-state index in [1.54, 1.807) is 0 Å². The second-order valence-electron chi connectivity index (χ2n) is 17.8.